The van der Waals surface area contributed by atoms with E-state index in [9.17, 15) is 13.2 Å². The number of nitrogens with zero attached hydrogens (tertiary/aromatic N) is 1. The second-order valence-corrected chi connectivity index (χ2v) is 7.46. The number of ether oxygens (including phenoxy) is 2. The summed E-state index contributed by atoms with van der Waals surface area (Å²) < 4.78 is 34.3. The van der Waals surface area contributed by atoms with Crippen molar-refractivity contribution in [3.8, 4) is 5.75 Å². The monoisotopic (exact) mass is 344 g/mol. The molecule has 0 unspecified atom stereocenters. The molecule has 1 atom stereocenters. The Morgan fingerprint density at radius 1 is 1.30 bits per heavy atom. The van der Waals surface area contributed by atoms with Crippen LogP contribution < -0.4 is 10.1 Å². The van der Waals surface area contributed by atoms with Gasteiger partial charge >= 0.3 is 0 Å². The van der Waals surface area contributed by atoms with E-state index in [1.165, 1.54) is 11.4 Å². The van der Waals surface area contributed by atoms with Crippen LogP contribution >= 0.6 is 0 Å². The normalized spacial score (nSPS) is 12.9. The van der Waals surface area contributed by atoms with Gasteiger partial charge in [-0.2, -0.15) is 0 Å². The maximum Gasteiger partial charge on any atom is 0.258 e. The van der Waals surface area contributed by atoms with Crippen molar-refractivity contribution in [2.24, 2.45) is 0 Å². The molecule has 0 heterocycles. The average Bonchev–Trinajstić information content (AvgIpc) is 2.45. The summed E-state index contributed by atoms with van der Waals surface area (Å²) in [6, 6.07) is 6.87. The summed E-state index contributed by atoms with van der Waals surface area (Å²) in [5.41, 5.74) is 0.837. The Morgan fingerprint density at radius 3 is 2.43 bits per heavy atom. The minimum absolute atomic E-state index is 0.0787. The van der Waals surface area contributed by atoms with Gasteiger partial charge in [-0.25, -0.2) is 12.7 Å². The molecule has 1 rings (SSSR count). The highest BCUT2D eigenvalue weighted by molar-refractivity contribution is 7.88. The number of hydrogen-bond acceptors (Lipinski definition) is 5. The lowest BCUT2D eigenvalue weighted by Crippen LogP contribution is -2.38. The smallest absolute Gasteiger partial charge is 0.258 e. The first-order chi connectivity index (χ1) is 10.7. The Bertz CT molecular complexity index is 601. The van der Waals surface area contributed by atoms with Gasteiger partial charge in [-0.15, -0.1) is 0 Å². The Morgan fingerprint density at radius 2 is 1.91 bits per heavy atom. The predicted octanol–water partition coefficient (Wildman–Crippen LogP) is 0.608. The van der Waals surface area contributed by atoms with E-state index in [1.54, 1.807) is 31.4 Å². The second-order valence-electron chi connectivity index (χ2n) is 5.38. The molecule has 23 heavy (non-hydrogen) atoms. The van der Waals surface area contributed by atoms with Crippen molar-refractivity contribution in [2.75, 3.05) is 33.6 Å². The molecule has 0 aliphatic rings. The van der Waals surface area contributed by atoms with E-state index in [0.717, 1.165) is 11.8 Å². The van der Waals surface area contributed by atoms with E-state index in [1.807, 2.05) is 6.92 Å². The number of benzene rings is 1. The highest BCUT2D eigenvalue weighted by atomic mass is 32.2. The summed E-state index contributed by atoms with van der Waals surface area (Å²) in [4.78, 5) is 11.7. The molecule has 8 heteroatoms. The third-order valence-corrected chi connectivity index (χ3v) is 4.35. The molecule has 1 amide bonds. The van der Waals surface area contributed by atoms with Crippen LogP contribution in [0.5, 0.6) is 5.75 Å². The number of carbonyl (C=O) groups is 1. The molecular formula is C15H24N2O5S. The number of carbonyl (C=O) groups excluding carboxylic acids is 1. The van der Waals surface area contributed by atoms with Gasteiger partial charge in [-0.1, -0.05) is 12.1 Å². The first-order valence-electron chi connectivity index (χ1n) is 7.13. The molecule has 0 bridgehead atoms. The standard InChI is InChI=1S/C15H24N2O5S/c1-12(10-21-3)16-15(18)11-22-14-7-5-13(6-8-14)9-17(2)23(4,19)20/h5-8,12H,9-11H2,1-4H3,(H,16,18)/t12-/m1/s1. The van der Waals surface area contributed by atoms with Crippen molar-refractivity contribution in [2.45, 2.75) is 19.5 Å². The molecule has 0 spiro atoms. The minimum Gasteiger partial charge on any atom is -0.484 e. The van der Waals surface area contributed by atoms with Crippen LogP contribution in [0.15, 0.2) is 24.3 Å². The van der Waals surface area contributed by atoms with Crippen LogP contribution in [0.2, 0.25) is 0 Å². The van der Waals surface area contributed by atoms with Gasteiger partial charge in [0.25, 0.3) is 5.91 Å². The molecule has 1 N–H and O–H groups in total. The third-order valence-electron chi connectivity index (χ3n) is 3.09. The number of rotatable bonds is 9. The van der Waals surface area contributed by atoms with Crippen molar-refractivity contribution < 1.29 is 22.7 Å². The first kappa shape index (κ1) is 19.4. The zero-order chi connectivity index (χ0) is 17.5. The highest BCUT2D eigenvalue weighted by Gasteiger charge is 2.11. The first-order valence-corrected chi connectivity index (χ1v) is 8.98. The van der Waals surface area contributed by atoms with Gasteiger partial charge in [0.2, 0.25) is 10.0 Å². The Balaban J connectivity index is 2.47. The zero-order valence-electron chi connectivity index (χ0n) is 13.9. The summed E-state index contributed by atoms with van der Waals surface area (Å²) in [7, 11) is -0.120. The zero-order valence-corrected chi connectivity index (χ0v) is 14.7. The number of amides is 1. The second kappa shape index (κ2) is 8.85. The molecule has 0 aliphatic heterocycles. The fraction of sp³-hybridized carbons (Fsp3) is 0.533. The van der Waals surface area contributed by atoms with Crippen molar-refractivity contribution in [3.05, 3.63) is 29.8 Å². The minimum atomic E-state index is -3.21. The maximum atomic E-state index is 11.7. The van der Waals surface area contributed by atoms with Crippen LogP contribution in [0, 0.1) is 0 Å². The molecular weight excluding hydrogens is 320 g/mol. The van der Waals surface area contributed by atoms with Crippen molar-refractivity contribution >= 4 is 15.9 Å². The number of methoxy groups -OCH3 is 1. The summed E-state index contributed by atoms with van der Waals surface area (Å²) in [6.45, 7) is 2.48. The van der Waals surface area contributed by atoms with Gasteiger partial charge in [0.15, 0.2) is 6.61 Å². The molecule has 1 aromatic rings. The molecule has 7 nitrogen and oxygen atoms in total. The fourth-order valence-corrected chi connectivity index (χ4v) is 2.21. The van der Waals surface area contributed by atoms with Gasteiger partial charge in [-0.3, -0.25) is 4.79 Å². The molecule has 0 aromatic heterocycles. The highest BCUT2D eigenvalue weighted by Crippen LogP contribution is 2.14. The number of hydrogen-bond donors (Lipinski definition) is 1. The number of sulfonamides is 1. The maximum absolute atomic E-state index is 11.7. The van der Waals surface area contributed by atoms with Crippen molar-refractivity contribution in [1.29, 1.82) is 0 Å². The van der Waals surface area contributed by atoms with Gasteiger partial charge in [0.1, 0.15) is 5.75 Å². The van der Waals surface area contributed by atoms with E-state index in [2.05, 4.69) is 5.32 Å². The van der Waals surface area contributed by atoms with Crippen LogP contribution in [0.3, 0.4) is 0 Å². The van der Waals surface area contributed by atoms with Crippen molar-refractivity contribution in [3.63, 3.8) is 0 Å². The third kappa shape index (κ3) is 7.45. The van der Waals surface area contributed by atoms with E-state index in [-0.39, 0.29) is 25.1 Å². The molecule has 0 saturated carbocycles. The molecule has 130 valence electrons. The summed E-state index contributed by atoms with van der Waals surface area (Å²) >= 11 is 0. The summed E-state index contributed by atoms with van der Waals surface area (Å²) in [6.07, 6.45) is 1.16. The van der Waals surface area contributed by atoms with E-state index >= 15 is 0 Å². The van der Waals surface area contributed by atoms with Crippen LogP contribution in [0.25, 0.3) is 0 Å². The lowest BCUT2D eigenvalue weighted by Gasteiger charge is -2.15. The summed E-state index contributed by atoms with van der Waals surface area (Å²) in [5, 5.41) is 2.74. The van der Waals surface area contributed by atoms with E-state index in [0.29, 0.717) is 12.4 Å². The fourth-order valence-electron chi connectivity index (χ4n) is 1.82. The Kier molecular flexibility index (Phi) is 7.47. The number of nitrogens with one attached hydrogen (secondary N) is 1. The predicted molar refractivity (Wildman–Crippen MR) is 87.7 cm³/mol. The lowest BCUT2D eigenvalue weighted by atomic mass is 10.2. The largest absolute Gasteiger partial charge is 0.484 e. The van der Waals surface area contributed by atoms with E-state index < -0.39 is 10.0 Å². The lowest BCUT2D eigenvalue weighted by molar-refractivity contribution is -0.124. The van der Waals surface area contributed by atoms with Crippen LogP contribution in [0.4, 0.5) is 0 Å². The Hall–Kier alpha value is -1.64. The molecule has 0 radical (unpaired) electrons. The topological polar surface area (TPSA) is 84.9 Å². The molecule has 0 aliphatic carbocycles. The summed E-state index contributed by atoms with van der Waals surface area (Å²) in [5.74, 6) is 0.320. The van der Waals surface area contributed by atoms with Gasteiger partial charge < -0.3 is 14.8 Å². The molecule has 1 aromatic carbocycles. The Labute approximate surface area is 137 Å². The van der Waals surface area contributed by atoms with E-state index in [4.69, 9.17) is 9.47 Å². The van der Waals surface area contributed by atoms with Gasteiger partial charge in [0, 0.05) is 26.7 Å². The van der Waals surface area contributed by atoms with Gasteiger partial charge in [-0.05, 0) is 24.6 Å². The van der Waals surface area contributed by atoms with Crippen molar-refractivity contribution in [1.82, 2.24) is 9.62 Å². The van der Waals surface area contributed by atoms with Gasteiger partial charge in [0.05, 0.1) is 12.9 Å². The quantitative estimate of drug-likeness (QED) is 0.709. The average molecular weight is 344 g/mol. The molecule has 0 fully saturated rings. The van der Waals surface area contributed by atoms with Crippen LogP contribution in [-0.4, -0.2) is 58.3 Å². The molecule has 0 saturated heterocycles. The van der Waals surface area contributed by atoms with Crippen LogP contribution in [0.1, 0.15) is 12.5 Å². The van der Waals surface area contributed by atoms with Crippen LogP contribution in [-0.2, 0) is 26.1 Å². The SMILES string of the molecule is COC[C@@H](C)NC(=O)COc1ccc(CN(C)S(C)(=O)=O)cc1.